The Morgan fingerprint density at radius 1 is 1.24 bits per heavy atom. The Labute approximate surface area is 118 Å². The van der Waals surface area contributed by atoms with Crippen LogP contribution in [0.4, 0.5) is 0 Å². The normalized spacial score (nSPS) is 10.0. The fraction of sp³-hybridized carbons (Fsp3) is 0.154. The van der Waals surface area contributed by atoms with E-state index < -0.39 is 11.5 Å². The number of methoxy groups -OCH3 is 2. The molecule has 110 valence electrons. The van der Waals surface area contributed by atoms with E-state index in [9.17, 15) is 9.59 Å². The lowest BCUT2D eigenvalue weighted by molar-refractivity contribution is 0.0696. The average Bonchev–Trinajstić information content (AvgIpc) is 2.47. The third-order valence-electron chi connectivity index (χ3n) is 2.60. The van der Waals surface area contributed by atoms with Gasteiger partial charge in [0.05, 0.1) is 26.1 Å². The van der Waals surface area contributed by atoms with Gasteiger partial charge in [-0.3, -0.25) is 4.79 Å². The van der Waals surface area contributed by atoms with Crippen LogP contribution in [0.15, 0.2) is 29.3 Å². The summed E-state index contributed by atoms with van der Waals surface area (Å²) < 4.78 is 15.5. The van der Waals surface area contributed by atoms with Gasteiger partial charge in [0.25, 0.3) is 11.4 Å². The molecule has 0 aliphatic heterocycles. The van der Waals surface area contributed by atoms with E-state index in [-0.39, 0.29) is 28.7 Å². The van der Waals surface area contributed by atoms with Crippen molar-refractivity contribution >= 4 is 5.97 Å². The largest absolute Gasteiger partial charge is 0.493 e. The zero-order valence-corrected chi connectivity index (χ0v) is 11.2. The van der Waals surface area contributed by atoms with Crippen molar-refractivity contribution in [1.29, 1.82) is 0 Å². The molecule has 2 N–H and O–H groups in total. The van der Waals surface area contributed by atoms with Crippen LogP contribution in [0.2, 0.25) is 0 Å². The quantitative estimate of drug-likeness (QED) is 0.853. The molecule has 1 heterocycles. The molecule has 2 rings (SSSR count). The highest BCUT2D eigenvalue weighted by Gasteiger charge is 2.15. The molecule has 1 aromatic carbocycles. The van der Waals surface area contributed by atoms with Crippen molar-refractivity contribution in [3.05, 3.63) is 40.4 Å². The van der Waals surface area contributed by atoms with Gasteiger partial charge in [0.15, 0.2) is 11.5 Å². The first-order valence-electron chi connectivity index (χ1n) is 5.77. The number of rotatable bonds is 5. The monoisotopic (exact) mass is 292 g/mol. The first-order chi connectivity index (χ1) is 10.1. The van der Waals surface area contributed by atoms with E-state index in [2.05, 4.69) is 9.97 Å². The third kappa shape index (κ3) is 2.94. The molecule has 0 bridgehead atoms. The lowest BCUT2D eigenvalue weighted by atomic mass is 10.2. The van der Waals surface area contributed by atoms with Crippen LogP contribution < -0.4 is 19.8 Å². The molecule has 0 aliphatic carbocycles. The number of hydrogen-bond donors (Lipinski definition) is 2. The van der Waals surface area contributed by atoms with Gasteiger partial charge in [-0.15, -0.1) is 0 Å². The summed E-state index contributed by atoms with van der Waals surface area (Å²) in [7, 11) is 2.68. The molecule has 0 radical (unpaired) electrons. The maximum Gasteiger partial charge on any atom is 0.335 e. The first-order valence-corrected chi connectivity index (χ1v) is 5.77. The molecule has 0 saturated carbocycles. The van der Waals surface area contributed by atoms with Crippen molar-refractivity contribution in [2.24, 2.45) is 0 Å². The SMILES string of the molecule is COc1cc(C(=O)O)ccc1Oc1nc[nH]c(=O)c1OC. The molecular formula is C13H12N2O6. The van der Waals surface area contributed by atoms with Gasteiger partial charge in [-0.05, 0) is 18.2 Å². The Bertz CT molecular complexity index is 725. The van der Waals surface area contributed by atoms with E-state index in [0.29, 0.717) is 0 Å². The number of carboxylic acid groups (broad SMARTS) is 1. The van der Waals surface area contributed by atoms with Crippen LogP contribution in [0, 0.1) is 0 Å². The van der Waals surface area contributed by atoms with Crippen molar-refractivity contribution in [3.8, 4) is 23.1 Å². The first kappa shape index (κ1) is 14.4. The second-order valence-corrected chi connectivity index (χ2v) is 3.84. The molecule has 0 aliphatic rings. The molecule has 0 unspecified atom stereocenters. The van der Waals surface area contributed by atoms with Crippen LogP contribution >= 0.6 is 0 Å². The van der Waals surface area contributed by atoms with Gasteiger partial charge in [0, 0.05) is 0 Å². The lowest BCUT2D eigenvalue weighted by Crippen LogP contribution is -2.11. The van der Waals surface area contributed by atoms with Gasteiger partial charge >= 0.3 is 5.97 Å². The Morgan fingerprint density at radius 2 is 2.00 bits per heavy atom. The van der Waals surface area contributed by atoms with Gasteiger partial charge in [-0.25, -0.2) is 9.78 Å². The van der Waals surface area contributed by atoms with Crippen molar-refractivity contribution in [2.45, 2.75) is 0 Å². The summed E-state index contributed by atoms with van der Waals surface area (Å²) in [5.74, 6) is -0.839. The van der Waals surface area contributed by atoms with Crippen LogP contribution in [0.25, 0.3) is 0 Å². The summed E-state index contributed by atoms with van der Waals surface area (Å²) in [6.07, 6.45) is 1.16. The minimum atomic E-state index is -1.09. The molecule has 1 aromatic heterocycles. The molecule has 0 amide bonds. The fourth-order valence-electron chi connectivity index (χ4n) is 1.61. The zero-order valence-electron chi connectivity index (χ0n) is 11.2. The highest BCUT2D eigenvalue weighted by atomic mass is 16.5. The molecule has 8 heteroatoms. The van der Waals surface area contributed by atoms with E-state index >= 15 is 0 Å². The van der Waals surface area contributed by atoms with Gasteiger partial charge in [-0.1, -0.05) is 0 Å². The number of nitrogens with one attached hydrogen (secondary N) is 1. The third-order valence-corrected chi connectivity index (χ3v) is 2.60. The molecule has 2 aromatic rings. The van der Waals surface area contributed by atoms with E-state index in [4.69, 9.17) is 19.3 Å². The topological polar surface area (TPSA) is 111 Å². The predicted octanol–water partition coefficient (Wildman–Crippen LogP) is 1.28. The van der Waals surface area contributed by atoms with E-state index in [1.165, 1.54) is 32.4 Å². The Morgan fingerprint density at radius 3 is 2.62 bits per heavy atom. The lowest BCUT2D eigenvalue weighted by Gasteiger charge is -2.11. The zero-order chi connectivity index (χ0) is 15.4. The standard InChI is InChI=1S/C13H12N2O6/c1-19-9-5-7(13(17)18)3-4-8(9)21-12-10(20-2)11(16)14-6-15-12/h3-6H,1-2H3,(H,17,18)(H,14,15,16). The predicted molar refractivity (Wildman–Crippen MR) is 71.4 cm³/mol. The van der Waals surface area contributed by atoms with Gasteiger partial charge in [0.2, 0.25) is 5.75 Å². The molecular weight excluding hydrogens is 280 g/mol. The number of hydrogen-bond acceptors (Lipinski definition) is 6. The molecule has 0 spiro atoms. The Balaban J connectivity index is 2.42. The molecule has 21 heavy (non-hydrogen) atoms. The molecule has 8 nitrogen and oxygen atoms in total. The minimum Gasteiger partial charge on any atom is -0.493 e. The number of aromatic carboxylic acids is 1. The highest BCUT2D eigenvalue weighted by molar-refractivity contribution is 5.88. The van der Waals surface area contributed by atoms with E-state index in [1.807, 2.05) is 0 Å². The number of ether oxygens (including phenoxy) is 3. The van der Waals surface area contributed by atoms with Crippen LogP contribution in [0.1, 0.15) is 10.4 Å². The van der Waals surface area contributed by atoms with Crippen LogP contribution in [0.5, 0.6) is 23.1 Å². The maximum absolute atomic E-state index is 11.5. The highest BCUT2D eigenvalue weighted by Crippen LogP contribution is 2.33. The summed E-state index contributed by atoms with van der Waals surface area (Å²) in [5.41, 5.74) is -0.450. The minimum absolute atomic E-state index is 0.0463. The number of aromatic amines is 1. The van der Waals surface area contributed by atoms with E-state index in [1.54, 1.807) is 0 Å². The molecule has 0 saturated heterocycles. The Hall–Kier alpha value is -3.03. The summed E-state index contributed by atoms with van der Waals surface area (Å²) in [6.45, 7) is 0. The van der Waals surface area contributed by atoms with Gasteiger partial charge in [0.1, 0.15) is 0 Å². The summed E-state index contributed by atoms with van der Waals surface area (Å²) in [5, 5.41) is 8.93. The maximum atomic E-state index is 11.5. The van der Waals surface area contributed by atoms with Crippen molar-refractivity contribution in [2.75, 3.05) is 14.2 Å². The Kier molecular flexibility index (Phi) is 4.07. The molecule has 0 atom stereocenters. The summed E-state index contributed by atoms with van der Waals surface area (Å²) in [4.78, 5) is 28.7. The summed E-state index contributed by atoms with van der Waals surface area (Å²) in [6, 6.07) is 4.06. The van der Waals surface area contributed by atoms with E-state index in [0.717, 1.165) is 6.33 Å². The van der Waals surface area contributed by atoms with Crippen molar-refractivity contribution in [1.82, 2.24) is 9.97 Å². The number of carbonyl (C=O) groups is 1. The number of H-pyrrole nitrogens is 1. The van der Waals surface area contributed by atoms with Crippen LogP contribution in [-0.2, 0) is 0 Å². The second kappa shape index (κ2) is 5.95. The summed E-state index contributed by atoms with van der Waals surface area (Å²) >= 11 is 0. The fourth-order valence-corrected chi connectivity index (χ4v) is 1.61. The number of aromatic nitrogens is 2. The van der Waals surface area contributed by atoms with Crippen LogP contribution in [0.3, 0.4) is 0 Å². The number of carboxylic acids is 1. The van der Waals surface area contributed by atoms with Crippen LogP contribution in [-0.4, -0.2) is 35.3 Å². The van der Waals surface area contributed by atoms with Gasteiger partial charge < -0.3 is 24.3 Å². The second-order valence-electron chi connectivity index (χ2n) is 3.84. The molecule has 0 fully saturated rings. The van der Waals surface area contributed by atoms with Crippen molar-refractivity contribution < 1.29 is 24.1 Å². The number of nitrogens with zero attached hydrogens (tertiary/aromatic N) is 1. The average molecular weight is 292 g/mol. The van der Waals surface area contributed by atoms with Crippen molar-refractivity contribution in [3.63, 3.8) is 0 Å². The number of benzene rings is 1. The van der Waals surface area contributed by atoms with Gasteiger partial charge in [-0.2, -0.15) is 0 Å². The smallest absolute Gasteiger partial charge is 0.335 e.